The highest BCUT2D eigenvalue weighted by Gasteiger charge is 2.18. The number of allylic oxidation sites excluding steroid dienone is 1. The number of aromatic nitrogens is 4. The van der Waals surface area contributed by atoms with Crippen LogP contribution < -0.4 is 5.32 Å². The molecule has 1 amide bonds. The van der Waals surface area contributed by atoms with Crippen LogP contribution in [0.5, 0.6) is 0 Å². The number of carbonyl (C=O) groups excluding carboxylic acids is 1. The number of carbonyl (C=O) groups is 1. The third kappa shape index (κ3) is 4.77. The number of thioether (sulfide) groups is 1. The zero-order valence-corrected chi connectivity index (χ0v) is 20.2. The minimum atomic E-state index is -0.180. The van der Waals surface area contributed by atoms with Crippen LogP contribution >= 0.6 is 34.7 Å². The normalized spacial score (nSPS) is 11.1. The van der Waals surface area contributed by atoms with Gasteiger partial charge >= 0.3 is 0 Å². The number of halogens is 1. The molecule has 5 rings (SSSR count). The zero-order valence-electron chi connectivity index (χ0n) is 17.8. The molecule has 3 aromatic heterocycles. The molecule has 0 fully saturated rings. The van der Waals surface area contributed by atoms with E-state index in [1.54, 1.807) is 6.08 Å². The van der Waals surface area contributed by atoms with Crippen molar-refractivity contribution in [3.05, 3.63) is 77.7 Å². The molecular formula is C24H18ClN5O2S2. The van der Waals surface area contributed by atoms with E-state index in [1.807, 2.05) is 64.5 Å². The van der Waals surface area contributed by atoms with Crippen molar-refractivity contribution in [2.45, 2.75) is 11.7 Å². The highest BCUT2D eigenvalue weighted by atomic mass is 35.5. The summed E-state index contributed by atoms with van der Waals surface area (Å²) >= 11 is 8.61. The van der Waals surface area contributed by atoms with E-state index in [1.165, 1.54) is 23.1 Å². The topological polar surface area (TPSA) is 85.8 Å². The minimum Gasteiger partial charge on any atom is -0.453 e. The van der Waals surface area contributed by atoms with Gasteiger partial charge in [0.05, 0.1) is 11.4 Å². The molecule has 0 aliphatic rings. The van der Waals surface area contributed by atoms with Gasteiger partial charge in [0.1, 0.15) is 5.58 Å². The molecule has 1 N–H and O–H groups in total. The number of nitrogens with zero attached hydrogens (tertiary/aromatic N) is 4. The third-order valence-corrected chi connectivity index (χ3v) is 6.87. The first-order valence-electron chi connectivity index (χ1n) is 10.3. The van der Waals surface area contributed by atoms with Crippen LogP contribution in [0.2, 0.25) is 5.02 Å². The minimum absolute atomic E-state index is 0.158. The molecule has 7 nitrogen and oxygen atoms in total. The number of thiazole rings is 1. The maximum atomic E-state index is 12.6. The Hall–Kier alpha value is -3.40. The number of anilines is 1. The lowest BCUT2D eigenvalue weighted by Crippen LogP contribution is -2.14. The van der Waals surface area contributed by atoms with Gasteiger partial charge in [-0.15, -0.1) is 28.1 Å². The van der Waals surface area contributed by atoms with Crippen molar-refractivity contribution >= 4 is 56.7 Å². The first-order valence-corrected chi connectivity index (χ1v) is 12.5. The molecule has 5 aromatic rings. The van der Waals surface area contributed by atoms with Crippen molar-refractivity contribution < 1.29 is 9.21 Å². The van der Waals surface area contributed by atoms with E-state index in [2.05, 4.69) is 27.1 Å². The van der Waals surface area contributed by atoms with Gasteiger partial charge in [0.15, 0.2) is 16.0 Å². The third-order valence-electron chi connectivity index (χ3n) is 4.90. The van der Waals surface area contributed by atoms with Crippen molar-refractivity contribution in [3.63, 3.8) is 0 Å². The summed E-state index contributed by atoms with van der Waals surface area (Å²) in [5, 5.41) is 16.1. The molecule has 34 heavy (non-hydrogen) atoms. The van der Waals surface area contributed by atoms with Gasteiger partial charge in [0.2, 0.25) is 11.7 Å². The standard InChI is InChI=1S/C24H18ClN5O2S2/c1-2-11-30-22(20-12-16-5-3-4-6-19(16)32-20)28-29-24(30)34-14-21(31)27-23-26-18(13-33-23)15-7-9-17(25)10-8-15/h2-10,12-13H,1,11,14H2,(H,26,27,31). The number of para-hydroxylation sites is 1. The largest absolute Gasteiger partial charge is 0.453 e. The average molecular weight is 508 g/mol. The van der Waals surface area contributed by atoms with Crippen LogP contribution in [0.25, 0.3) is 33.8 Å². The Bertz CT molecular complexity index is 1440. The summed E-state index contributed by atoms with van der Waals surface area (Å²) in [7, 11) is 0. The number of benzene rings is 2. The Morgan fingerprint density at radius 1 is 1.21 bits per heavy atom. The highest BCUT2D eigenvalue weighted by Crippen LogP contribution is 2.30. The SMILES string of the molecule is C=CCn1c(SCC(=O)Nc2nc(-c3ccc(Cl)cc3)cs2)nnc1-c1cc2ccccc2o1. The summed E-state index contributed by atoms with van der Waals surface area (Å²) in [4.78, 5) is 17.1. The molecular weight excluding hydrogens is 490 g/mol. The smallest absolute Gasteiger partial charge is 0.236 e. The summed E-state index contributed by atoms with van der Waals surface area (Å²) in [5.41, 5.74) is 2.50. The van der Waals surface area contributed by atoms with Gasteiger partial charge in [-0.1, -0.05) is 59.8 Å². The van der Waals surface area contributed by atoms with Crippen LogP contribution in [0.15, 0.2) is 82.2 Å². The van der Waals surface area contributed by atoms with Gasteiger partial charge in [0.25, 0.3) is 0 Å². The Morgan fingerprint density at radius 3 is 2.82 bits per heavy atom. The van der Waals surface area contributed by atoms with Gasteiger partial charge in [0, 0.05) is 27.9 Å². The second kappa shape index (κ2) is 9.84. The summed E-state index contributed by atoms with van der Waals surface area (Å²) in [6, 6.07) is 17.1. The molecule has 0 atom stereocenters. The first-order chi connectivity index (χ1) is 16.6. The van der Waals surface area contributed by atoms with Crippen LogP contribution in [0.1, 0.15) is 0 Å². The molecule has 0 bridgehead atoms. The zero-order chi connectivity index (χ0) is 23.5. The number of hydrogen-bond donors (Lipinski definition) is 1. The van der Waals surface area contributed by atoms with Crippen molar-refractivity contribution in [1.82, 2.24) is 19.7 Å². The fourth-order valence-electron chi connectivity index (χ4n) is 3.33. The lowest BCUT2D eigenvalue weighted by atomic mass is 10.2. The van der Waals surface area contributed by atoms with Crippen LogP contribution in [0.4, 0.5) is 5.13 Å². The monoisotopic (exact) mass is 507 g/mol. The number of rotatable bonds is 8. The van der Waals surface area contributed by atoms with Crippen molar-refractivity contribution in [2.75, 3.05) is 11.1 Å². The average Bonchev–Trinajstić information content (AvgIpc) is 3.57. The van der Waals surface area contributed by atoms with Gasteiger partial charge < -0.3 is 9.73 Å². The second-order valence-corrected chi connectivity index (χ2v) is 9.47. The van der Waals surface area contributed by atoms with Gasteiger partial charge in [-0.25, -0.2) is 4.98 Å². The van der Waals surface area contributed by atoms with Crippen molar-refractivity contribution in [1.29, 1.82) is 0 Å². The fraction of sp³-hybridized carbons (Fsp3) is 0.0833. The van der Waals surface area contributed by atoms with E-state index in [-0.39, 0.29) is 11.7 Å². The van der Waals surface area contributed by atoms with Crippen molar-refractivity contribution in [2.24, 2.45) is 0 Å². The van der Waals surface area contributed by atoms with Gasteiger partial charge in [-0.2, -0.15) is 0 Å². The maximum Gasteiger partial charge on any atom is 0.236 e. The Kier molecular flexibility index (Phi) is 6.48. The molecule has 0 aliphatic heterocycles. The molecule has 0 spiro atoms. The fourth-order valence-corrected chi connectivity index (χ4v) is 4.94. The number of nitrogens with one attached hydrogen (secondary N) is 1. The predicted octanol–water partition coefficient (Wildman–Crippen LogP) is 6.39. The van der Waals surface area contributed by atoms with E-state index in [4.69, 9.17) is 16.0 Å². The molecule has 0 saturated heterocycles. The summed E-state index contributed by atoms with van der Waals surface area (Å²) < 4.78 is 7.82. The lowest BCUT2D eigenvalue weighted by Gasteiger charge is -2.06. The molecule has 0 aliphatic carbocycles. The molecule has 2 aromatic carbocycles. The van der Waals surface area contributed by atoms with Gasteiger partial charge in [-0.3, -0.25) is 9.36 Å². The molecule has 0 radical (unpaired) electrons. The Labute approximate surface area is 208 Å². The van der Waals surface area contributed by atoms with Crippen LogP contribution in [-0.2, 0) is 11.3 Å². The molecule has 3 heterocycles. The van der Waals surface area contributed by atoms with Crippen LogP contribution in [0, 0.1) is 0 Å². The van der Waals surface area contributed by atoms with E-state index < -0.39 is 0 Å². The van der Waals surface area contributed by atoms with Crippen LogP contribution in [0.3, 0.4) is 0 Å². The summed E-state index contributed by atoms with van der Waals surface area (Å²) in [5.74, 6) is 1.18. The molecule has 0 saturated carbocycles. The first kappa shape index (κ1) is 22.4. The predicted molar refractivity (Wildman–Crippen MR) is 137 cm³/mol. The van der Waals surface area contributed by atoms with E-state index in [9.17, 15) is 4.79 Å². The van der Waals surface area contributed by atoms with E-state index >= 15 is 0 Å². The number of fused-ring (bicyclic) bond motifs is 1. The molecule has 170 valence electrons. The number of furan rings is 1. The Balaban J connectivity index is 1.27. The number of hydrogen-bond acceptors (Lipinski definition) is 7. The number of amides is 1. The van der Waals surface area contributed by atoms with E-state index in [0.29, 0.717) is 33.4 Å². The highest BCUT2D eigenvalue weighted by molar-refractivity contribution is 7.99. The van der Waals surface area contributed by atoms with E-state index in [0.717, 1.165) is 22.2 Å². The summed E-state index contributed by atoms with van der Waals surface area (Å²) in [6.07, 6.45) is 1.76. The molecule has 10 heteroatoms. The lowest BCUT2D eigenvalue weighted by molar-refractivity contribution is -0.113. The quantitative estimate of drug-likeness (QED) is 0.193. The molecule has 0 unspecified atom stereocenters. The second-order valence-electron chi connectivity index (χ2n) is 7.24. The van der Waals surface area contributed by atoms with Gasteiger partial charge in [-0.05, 0) is 24.3 Å². The maximum absolute atomic E-state index is 12.6. The van der Waals surface area contributed by atoms with Crippen molar-refractivity contribution in [3.8, 4) is 22.8 Å². The summed E-state index contributed by atoms with van der Waals surface area (Å²) in [6.45, 7) is 4.31. The Morgan fingerprint density at radius 2 is 2.03 bits per heavy atom. The van der Waals surface area contributed by atoms with Crippen LogP contribution in [-0.4, -0.2) is 31.4 Å².